The van der Waals surface area contributed by atoms with Gasteiger partial charge in [0, 0.05) is 22.5 Å². The van der Waals surface area contributed by atoms with Gasteiger partial charge in [0.25, 0.3) is 0 Å². The molecule has 0 amide bonds. The van der Waals surface area contributed by atoms with Crippen LogP contribution in [0.25, 0.3) is 0 Å². The summed E-state index contributed by atoms with van der Waals surface area (Å²) in [4.78, 5) is 10.5. The molecule has 0 bridgehead atoms. The van der Waals surface area contributed by atoms with Crippen LogP contribution in [0.3, 0.4) is 0 Å². The molecule has 1 aromatic rings. The minimum atomic E-state index is -0.907. The van der Waals surface area contributed by atoms with Crippen molar-refractivity contribution < 1.29 is 19.7 Å². The highest BCUT2D eigenvalue weighted by atomic mass is 79.9. The highest BCUT2D eigenvalue weighted by Gasteiger charge is 2.19. The van der Waals surface area contributed by atoms with E-state index in [0.29, 0.717) is 10.0 Å². The van der Waals surface area contributed by atoms with Crippen LogP contribution in [0.1, 0.15) is 24.4 Å². The minimum absolute atomic E-state index is 0.0172. The van der Waals surface area contributed by atoms with Gasteiger partial charge in [-0.15, -0.1) is 0 Å². The van der Waals surface area contributed by atoms with Crippen molar-refractivity contribution in [2.75, 3.05) is 7.11 Å². The van der Waals surface area contributed by atoms with E-state index in [2.05, 4.69) is 15.9 Å². The number of nitrogens with two attached hydrogens (primary N) is 1. The van der Waals surface area contributed by atoms with E-state index in [1.54, 1.807) is 6.07 Å². The Kier molecular flexibility index (Phi) is 4.77. The quantitative estimate of drug-likeness (QED) is 0.774. The number of aromatic hydroxyl groups is 1. The van der Waals surface area contributed by atoms with Crippen molar-refractivity contribution >= 4 is 21.9 Å². The summed E-state index contributed by atoms with van der Waals surface area (Å²) < 4.78 is 5.76. The number of benzene rings is 1. The van der Waals surface area contributed by atoms with Crippen molar-refractivity contribution in [3.8, 4) is 11.5 Å². The van der Waals surface area contributed by atoms with E-state index >= 15 is 0 Å². The fourth-order valence-electron chi connectivity index (χ4n) is 1.55. The maximum Gasteiger partial charge on any atom is 0.303 e. The van der Waals surface area contributed by atoms with E-state index in [4.69, 9.17) is 15.6 Å². The Morgan fingerprint density at radius 3 is 2.76 bits per heavy atom. The zero-order chi connectivity index (χ0) is 13.0. The lowest BCUT2D eigenvalue weighted by molar-refractivity contribution is -0.137. The first-order chi connectivity index (χ1) is 7.97. The van der Waals surface area contributed by atoms with Crippen LogP contribution in [0.4, 0.5) is 0 Å². The molecule has 0 heterocycles. The summed E-state index contributed by atoms with van der Waals surface area (Å²) in [6.45, 7) is 0. The van der Waals surface area contributed by atoms with Gasteiger partial charge >= 0.3 is 5.97 Å². The lowest BCUT2D eigenvalue weighted by Crippen LogP contribution is -2.14. The number of carbonyl (C=O) groups is 1. The second-order valence-electron chi connectivity index (χ2n) is 3.55. The molecule has 0 aliphatic rings. The Hall–Kier alpha value is -1.27. The molecular weight excluding hydrogens is 290 g/mol. The molecule has 0 aliphatic heterocycles. The van der Waals surface area contributed by atoms with E-state index in [0.717, 1.165) is 0 Å². The van der Waals surface area contributed by atoms with E-state index in [1.165, 1.54) is 13.2 Å². The number of phenols is 1. The summed E-state index contributed by atoms with van der Waals surface area (Å²) in [5, 5.41) is 18.2. The molecular formula is C11H14BrNO4. The first kappa shape index (κ1) is 13.8. The van der Waals surface area contributed by atoms with E-state index in [1.807, 2.05) is 0 Å². The number of carboxylic acids is 1. The Morgan fingerprint density at radius 2 is 2.24 bits per heavy atom. The fourth-order valence-corrected chi connectivity index (χ4v) is 2.15. The summed E-state index contributed by atoms with van der Waals surface area (Å²) in [7, 11) is 1.43. The molecule has 0 fully saturated rings. The van der Waals surface area contributed by atoms with Crippen LogP contribution in [-0.2, 0) is 4.79 Å². The summed E-state index contributed by atoms with van der Waals surface area (Å²) in [6.07, 6.45) is 0.236. The van der Waals surface area contributed by atoms with E-state index < -0.39 is 12.0 Å². The van der Waals surface area contributed by atoms with E-state index in [9.17, 15) is 9.90 Å². The largest absolute Gasteiger partial charge is 0.504 e. The van der Waals surface area contributed by atoms with Crippen LogP contribution in [0, 0.1) is 0 Å². The van der Waals surface area contributed by atoms with Crippen molar-refractivity contribution in [3.63, 3.8) is 0 Å². The third-order valence-electron chi connectivity index (χ3n) is 2.37. The molecule has 0 radical (unpaired) electrons. The number of methoxy groups -OCH3 is 1. The van der Waals surface area contributed by atoms with Gasteiger partial charge in [0.15, 0.2) is 11.5 Å². The molecule has 6 heteroatoms. The molecule has 17 heavy (non-hydrogen) atoms. The van der Waals surface area contributed by atoms with Gasteiger partial charge in [-0.1, -0.05) is 15.9 Å². The number of rotatable bonds is 5. The maximum absolute atomic E-state index is 10.5. The monoisotopic (exact) mass is 303 g/mol. The van der Waals surface area contributed by atoms with Gasteiger partial charge in [0.1, 0.15) is 0 Å². The summed E-state index contributed by atoms with van der Waals surface area (Å²) in [6, 6.07) is 2.62. The first-order valence-corrected chi connectivity index (χ1v) is 5.79. The average Bonchev–Trinajstić information content (AvgIpc) is 2.28. The zero-order valence-electron chi connectivity index (χ0n) is 9.31. The van der Waals surface area contributed by atoms with Gasteiger partial charge in [0.05, 0.1) is 7.11 Å². The number of halogens is 1. The van der Waals surface area contributed by atoms with Gasteiger partial charge in [-0.3, -0.25) is 4.79 Å². The van der Waals surface area contributed by atoms with Gasteiger partial charge < -0.3 is 20.7 Å². The van der Waals surface area contributed by atoms with Crippen molar-refractivity contribution in [1.29, 1.82) is 0 Å². The van der Waals surface area contributed by atoms with Crippen LogP contribution < -0.4 is 10.5 Å². The smallest absolute Gasteiger partial charge is 0.303 e. The summed E-state index contributed by atoms with van der Waals surface area (Å²) in [5.41, 5.74) is 6.48. The molecule has 1 rings (SSSR count). The SMILES string of the molecule is COc1c(O)ccc(Br)c1C(N)CCC(=O)O. The molecule has 4 N–H and O–H groups in total. The molecule has 1 atom stereocenters. The van der Waals surface area contributed by atoms with Crippen LogP contribution in [0.2, 0.25) is 0 Å². The third-order valence-corrected chi connectivity index (χ3v) is 3.06. The highest BCUT2D eigenvalue weighted by molar-refractivity contribution is 9.10. The lowest BCUT2D eigenvalue weighted by atomic mass is 10.0. The molecule has 5 nitrogen and oxygen atoms in total. The Labute approximate surface area is 107 Å². The molecule has 0 saturated heterocycles. The molecule has 0 aliphatic carbocycles. The number of hydrogen-bond acceptors (Lipinski definition) is 4. The number of hydrogen-bond donors (Lipinski definition) is 3. The normalized spacial score (nSPS) is 12.2. The first-order valence-electron chi connectivity index (χ1n) is 5.00. The molecule has 0 spiro atoms. The predicted molar refractivity (Wildman–Crippen MR) is 66.2 cm³/mol. The maximum atomic E-state index is 10.5. The average molecular weight is 304 g/mol. The topological polar surface area (TPSA) is 92.8 Å². The number of phenolic OH excluding ortho intramolecular Hbond substituents is 1. The molecule has 94 valence electrons. The van der Waals surface area contributed by atoms with Crippen molar-refractivity contribution in [1.82, 2.24) is 0 Å². The second kappa shape index (κ2) is 5.88. The Bertz CT molecular complexity index is 422. The van der Waals surface area contributed by atoms with Crippen LogP contribution in [0.5, 0.6) is 11.5 Å². The van der Waals surface area contributed by atoms with Crippen molar-refractivity contribution in [3.05, 3.63) is 22.2 Å². The Morgan fingerprint density at radius 1 is 1.59 bits per heavy atom. The molecule has 1 unspecified atom stereocenters. The van der Waals surface area contributed by atoms with Gasteiger partial charge in [0.2, 0.25) is 0 Å². The van der Waals surface area contributed by atoms with Crippen LogP contribution >= 0.6 is 15.9 Å². The fraction of sp³-hybridized carbons (Fsp3) is 0.364. The third kappa shape index (κ3) is 3.34. The van der Waals surface area contributed by atoms with Gasteiger partial charge in [-0.05, 0) is 18.6 Å². The molecule has 0 saturated carbocycles. The highest BCUT2D eigenvalue weighted by Crippen LogP contribution is 2.39. The van der Waals surface area contributed by atoms with Gasteiger partial charge in [-0.2, -0.15) is 0 Å². The lowest BCUT2D eigenvalue weighted by Gasteiger charge is -2.17. The number of carboxylic acid groups (broad SMARTS) is 1. The van der Waals surface area contributed by atoms with Crippen molar-refractivity contribution in [2.45, 2.75) is 18.9 Å². The number of ether oxygens (including phenoxy) is 1. The van der Waals surface area contributed by atoms with Crippen LogP contribution in [0.15, 0.2) is 16.6 Å². The standard InChI is InChI=1S/C11H14BrNO4/c1-17-11-8(14)4-2-6(12)10(11)7(13)3-5-9(15)16/h2,4,7,14H,3,5,13H2,1H3,(H,15,16). The predicted octanol–water partition coefficient (Wildman–Crippen LogP) is 2.03. The molecule has 1 aromatic carbocycles. The number of aliphatic carboxylic acids is 1. The van der Waals surface area contributed by atoms with Gasteiger partial charge in [-0.25, -0.2) is 0 Å². The summed E-state index contributed by atoms with van der Waals surface area (Å²) in [5.74, 6) is -0.649. The van der Waals surface area contributed by atoms with Crippen LogP contribution in [-0.4, -0.2) is 23.3 Å². The second-order valence-corrected chi connectivity index (χ2v) is 4.41. The Balaban J connectivity index is 3.02. The molecule has 0 aromatic heterocycles. The zero-order valence-corrected chi connectivity index (χ0v) is 10.9. The summed E-state index contributed by atoms with van der Waals surface area (Å²) >= 11 is 3.31. The van der Waals surface area contributed by atoms with Crippen molar-refractivity contribution in [2.24, 2.45) is 5.73 Å². The minimum Gasteiger partial charge on any atom is -0.504 e. The van der Waals surface area contributed by atoms with E-state index in [-0.39, 0.29) is 24.3 Å².